The van der Waals surface area contributed by atoms with E-state index in [9.17, 15) is 14.4 Å². The minimum atomic E-state index is -0.661. The van der Waals surface area contributed by atoms with E-state index in [0.29, 0.717) is 16.9 Å². The zero-order valence-corrected chi connectivity index (χ0v) is 16.8. The fourth-order valence-electron chi connectivity index (χ4n) is 3.42. The molecule has 0 N–H and O–H groups in total. The molecule has 0 aliphatic carbocycles. The lowest BCUT2D eigenvalue weighted by Gasteiger charge is -2.11. The largest absolute Gasteiger partial charge is 0.482 e. The van der Waals surface area contributed by atoms with Crippen molar-refractivity contribution in [1.82, 2.24) is 0 Å². The maximum Gasteiger partial charge on any atom is 0.344 e. The van der Waals surface area contributed by atoms with Gasteiger partial charge in [-0.3, -0.25) is 4.79 Å². The molecule has 0 saturated heterocycles. The zero-order valence-electron chi connectivity index (χ0n) is 16.8. The molecule has 2 aromatic carbocycles. The van der Waals surface area contributed by atoms with Gasteiger partial charge in [0.2, 0.25) is 5.78 Å². The van der Waals surface area contributed by atoms with Gasteiger partial charge in [0.15, 0.2) is 13.2 Å². The van der Waals surface area contributed by atoms with Gasteiger partial charge in [0, 0.05) is 23.1 Å². The van der Waals surface area contributed by atoms with Crippen LogP contribution in [0.1, 0.15) is 32.6 Å². The van der Waals surface area contributed by atoms with E-state index < -0.39 is 11.6 Å². The number of Topliss-reactive ketones (excluding diaryl/α,β-unsaturated/α-hetero) is 1. The first kappa shape index (κ1) is 20.3. The van der Waals surface area contributed by atoms with Crippen LogP contribution < -0.4 is 10.4 Å². The second kappa shape index (κ2) is 8.31. The summed E-state index contributed by atoms with van der Waals surface area (Å²) in [4.78, 5) is 35.9. The SMILES string of the molecule is Cc1cc(C)c(C(=O)COC(=O)COc2ccc3c(C)cc(=O)oc3c2)c(C)c1. The molecule has 29 heavy (non-hydrogen) atoms. The number of hydrogen-bond acceptors (Lipinski definition) is 6. The summed E-state index contributed by atoms with van der Waals surface area (Å²) in [6, 6.07) is 10.2. The Labute approximate surface area is 168 Å². The van der Waals surface area contributed by atoms with Gasteiger partial charge in [0.25, 0.3) is 0 Å². The molecule has 0 saturated carbocycles. The average molecular weight is 394 g/mol. The fourth-order valence-corrected chi connectivity index (χ4v) is 3.42. The monoisotopic (exact) mass is 394 g/mol. The number of aryl methyl sites for hydroxylation is 4. The molecule has 0 aliphatic rings. The van der Waals surface area contributed by atoms with Gasteiger partial charge in [-0.1, -0.05) is 17.7 Å². The zero-order chi connectivity index (χ0) is 21.1. The second-order valence-electron chi connectivity index (χ2n) is 7.05. The molecule has 3 aromatic rings. The van der Waals surface area contributed by atoms with E-state index in [4.69, 9.17) is 13.9 Å². The predicted octanol–water partition coefficient (Wildman–Crippen LogP) is 3.83. The molecular formula is C23H22O6. The molecule has 0 radical (unpaired) electrons. The summed E-state index contributed by atoms with van der Waals surface area (Å²) >= 11 is 0. The highest BCUT2D eigenvalue weighted by Gasteiger charge is 2.15. The first-order chi connectivity index (χ1) is 13.7. The molecule has 150 valence electrons. The topological polar surface area (TPSA) is 82.8 Å². The summed E-state index contributed by atoms with van der Waals surface area (Å²) in [6.07, 6.45) is 0. The molecule has 0 aliphatic heterocycles. The van der Waals surface area contributed by atoms with Crippen molar-refractivity contribution in [1.29, 1.82) is 0 Å². The Balaban J connectivity index is 1.60. The van der Waals surface area contributed by atoms with Crippen LogP contribution in [-0.2, 0) is 9.53 Å². The number of fused-ring (bicyclic) bond motifs is 1. The number of rotatable bonds is 6. The van der Waals surface area contributed by atoms with E-state index in [1.54, 1.807) is 18.2 Å². The molecule has 0 bridgehead atoms. The normalized spacial score (nSPS) is 10.8. The Hall–Kier alpha value is -3.41. The maximum atomic E-state index is 12.4. The van der Waals surface area contributed by atoms with Gasteiger partial charge < -0.3 is 13.9 Å². The van der Waals surface area contributed by atoms with Crippen molar-refractivity contribution in [3.05, 3.63) is 74.6 Å². The third-order valence-electron chi connectivity index (χ3n) is 4.60. The molecule has 0 amide bonds. The van der Waals surface area contributed by atoms with Crippen LogP contribution in [0.5, 0.6) is 5.75 Å². The van der Waals surface area contributed by atoms with Crippen molar-refractivity contribution in [2.75, 3.05) is 13.2 Å². The van der Waals surface area contributed by atoms with Crippen LogP contribution in [-0.4, -0.2) is 25.0 Å². The maximum absolute atomic E-state index is 12.4. The minimum absolute atomic E-state index is 0.253. The summed E-state index contributed by atoms with van der Waals surface area (Å²) in [6.45, 7) is 6.78. The van der Waals surface area contributed by atoms with E-state index >= 15 is 0 Å². The third kappa shape index (κ3) is 4.71. The predicted molar refractivity (Wildman–Crippen MR) is 109 cm³/mol. The van der Waals surface area contributed by atoms with Crippen LogP contribution in [0, 0.1) is 27.7 Å². The summed E-state index contributed by atoms with van der Waals surface area (Å²) in [5.74, 6) is -0.553. The van der Waals surface area contributed by atoms with Crippen molar-refractivity contribution in [3.8, 4) is 5.75 Å². The highest BCUT2D eigenvalue weighted by molar-refractivity contribution is 6.00. The number of hydrogen-bond donors (Lipinski definition) is 0. The highest BCUT2D eigenvalue weighted by Crippen LogP contribution is 2.22. The quantitative estimate of drug-likeness (QED) is 0.359. The Kier molecular flexibility index (Phi) is 5.82. The number of benzene rings is 2. The van der Waals surface area contributed by atoms with E-state index in [1.165, 1.54) is 6.07 Å². The number of ketones is 1. The molecule has 6 nitrogen and oxygen atoms in total. The number of carbonyl (C=O) groups is 2. The summed E-state index contributed by atoms with van der Waals surface area (Å²) in [7, 11) is 0. The van der Waals surface area contributed by atoms with Crippen LogP contribution in [0.4, 0.5) is 0 Å². The Bertz CT molecular complexity index is 1130. The minimum Gasteiger partial charge on any atom is -0.482 e. The number of esters is 1. The molecule has 0 unspecified atom stereocenters. The van der Waals surface area contributed by atoms with Crippen LogP contribution in [0.2, 0.25) is 0 Å². The number of carbonyl (C=O) groups excluding carboxylic acids is 2. The first-order valence-corrected chi connectivity index (χ1v) is 9.18. The Morgan fingerprint density at radius 2 is 1.59 bits per heavy atom. The van der Waals surface area contributed by atoms with Crippen LogP contribution in [0.15, 0.2) is 45.6 Å². The summed E-state index contributed by atoms with van der Waals surface area (Å²) in [5, 5.41) is 0.786. The lowest BCUT2D eigenvalue weighted by atomic mass is 9.97. The van der Waals surface area contributed by atoms with E-state index in [0.717, 1.165) is 27.6 Å². The van der Waals surface area contributed by atoms with Gasteiger partial charge in [0.05, 0.1) is 0 Å². The first-order valence-electron chi connectivity index (χ1n) is 9.18. The Morgan fingerprint density at radius 3 is 2.28 bits per heavy atom. The highest BCUT2D eigenvalue weighted by atomic mass is 16.6. The molecule has 6 heteroatoms. The summed E-state index contributed by atoms with van der Waals surface area (Å²) in [5.41, 5.74) is 4.07. The smallest absolute Gasteiger partial charge is 0.344 e. The van der Waals surface area contributed by atoms with Crippen molar-refractivity contribution in [2.45, 2.75) is 27.7 Å². The van der Waals surface area contributed by atoms with Gasteiger partial charge in [0.1, 0.15) is 11.3 Å². The summed E-state index contributed by atoms with van der Waals surface area (Å²) < 4.78 is 15.6. The van der Waals surface area contributed by atoms with Gasteiger partial charge in [-0.25, -0.2) is 9.59 Å². The fraction of sp³-hybridized carbons (Fsp3) is 0.261. The van der Waals surface area contributed by atoms with E-state index in [-0.39, 0.29) is 19.0 Å². The van der Waals surface area contributed by atoms with Gasteiger partial charge in [-0.15, -0.1) is 0 Å². The van der Waals surface area contributed by atoms with E-state index in [2.05, 4.69) is 0 Å². The van der Waals surface area contributed by atoms with Gasteiger partial charge in [-0.05, 0) is 56.5 Å². The molecule has 0 fully saturated rings. The lowest BCUT2D eigenvalue weighted by molar-refractivity contribution is -0.144. The van der Waals surface area contributed by atoms with Crippen molar-refractivity contribution < 1.29 is 23.5 Å². The third-order valence-corrected chi connectivity index (χ3v) is 4.60. The Morgan fingerprint density at radius 1 is 0.897 bits per heavy atom. The average Bonchev–Trinajstić information content (AvgIpc) is 2.63. The molecule has 0 spiro atoms. The molecule has 0 atom stereocenters. The lowest BCUT2D eigenvalue weighted by Crippen LogP contribution is -2.20. The van der Waals surface area contributed by atoms with Crippen molar-refractivity contribution in [3.63, 3.8) is 0 Å². The van der Waals surface area contributed by atoms with Gasteiger partial charge in [-0.2, -0.15) is 0 Å². The molecular weight excluding hydrogens is 372 g/mol. The van der Waals surface area contributed by atoms with Crippen molar-refractivity contribution in [2.24, 2.45) is 0 Å². The molecule has 1 aromatic heterocycles. The standard InChI is InChI=1S/C23H22O6/c1-13-7-15(3)23(16(4)8-13)19(24)11-28-22(26)12-27-17-5-6-18-14(2)9-21(25)29-20(18)10-17/h5-10H,11-12H2,1-4H3. The van der Waals surface area contributed by atoms with Crippen LogP contribution in [0.25, 0.3) is 11.0 Å². The van der Waals surface area contributed by atoms with Crippen LogP contribution in [0.3, 0.4) is 0 Å². The second-order valence-corrected chi connectivity index (χ2v) is 7.05. The van der Waals surface area contributed by atoms with E-state index in [1.807, 2.05) is 39.8 Å². The number of ether oxygens (including phenoxy) is 2. The van der Waals surface area contributed by atoms with Crippen LogP contribution >= 0.6 is 0 Å². The molecule has 1 heterocycles. The molecule has 3 rings (SSSR count). The van der Waals surface area contributed by atoms with Crippen molar-refractivity contribution >= 4 is 22.7 Å². The van der Waals surface area contributed by atoms with Gasteiger partial charge >= 0.3 is 11.6 Å².